The second-order valence-electron chi connectivity index (χ2n) is 4.64. The standard InChI is InChI=1S/C13H18BrFN2O/c1-8(2)6-9(7-16)17-13(18)10-4-3-5-11(14)12(10)15/h3-5,8-9H,6-7,16H2,1-2H3,(H,17,18). The Labute approximate surface area is 115 Å². The van der Waals surface area contributed by atoms with Crippen LogP contribution in [0.5, 0.6) is 0 Å². The van der Waals surface area contributed by atoms with Crippen LogP contribution in [0, 0.1) is 11.7 Å². The molecule has 1 atom stereocenters. The van der Waals surface area contributed by atoms with Gasteiger partial charge in [0.25, 0.3) is 5.91 Å². The van der Waals surface area contributed by atoms with Gasteiger partial charge in [0.2, 0.25) is 0 Å². The third-order valence-electron chi connectivity index (χ3n) is 2.57. The summed E-state index contributed by atoms with van der Waals surface area (Å²) in [6.45, 7) is 4.45. The average molecular weight is 317 g/mol. The van der Waals surface area contributed by atoms with Crippen molar-refractivity contribution >= 4 is 21.8 Å². The lowest BCUT2D eigenvalue weighted by molar-refractivity contribution is 0.0929. The Morgan fingerprint density at radius 3 is 2.72 bits per heavy atom. The Morgan fingerprint density at radius 2 is 2.17 bits per heavy atom. The van der Waals surface area contributed by atoms with Crippen molar-refractivity contribution in [3.63, 3.8) is 0 Å². The van der Waals surface area contributed by atoms with Crippen molar-refractivity contribution in [3.05, 3.63) is 34.1 Å². The maximum atomic E-state index is 13.7. The number of hydrogen-bond acceptors (Lipinski definition) is 2. The molecule has 0 radical (unpaired) electrons. The van der Waals surface area contributed by atoms with Crippen LogP contribution in [0.1, 0.15) is 30.6 Å². The van der Waals surface area contributed by atoms with Gasteiger partial charge in [-0.25, -0.2) is 4.39 Å². The van der Waals surface area contributed by atoms with Crippen LogP contribution in [-0.2, 0) is 0 Å². The quantitative estimate of drug-likeness (QED) is 0.877. The zero-order chi connectivity index (χ0) is 13.7. The largest absolute Gasteiger partial charge is 0.348 e. The summed E-state index contributed by atoms with van der Waals surface area (Å²) in [6, 6.07) is 4.51. The monoisotopic (exact) mass is 316 g/mol. The Morgan fingerprint density at radius 1 is 1.50 bits per heavy atom. The zero-order valence-electron chi connectivity index (χ0n) is 10.5. The van der Waals surface area contributed by atoms with Crippen molar-refractivity contribution in [3.8, 4) is 0 Å². The Hall–Kier alpha value is -0.940. The second kappa shape index (κ2) is 6.85. The fraction of sp³-hybridized carbons (Fsp3) is 0.462. The van der Waals surface area contributed by atoms with Crippen LogP contribution in [0.4, 0.5) is 4.39 Å². The SMILES string of the molecule is CC(C)CC(CN)NC(=O)c1cccc(Br)c1F. The normalized spacial score (nSPS) is 12.6. The number of nitrogens with two attached hydrogens (primary N) is 1. The zero-order valence-corrected chi connectivity index (χ0v) is 12.1. The van der Waals surface area contributed by atoms with E-state index in [1.54, 1.807) is 12.1 Å². The minimum Gasteiger partial charge on any atom is -0.348 e. The summed E-state index contributed by atoms with van der Waals surface area (Å²) < 4.78 is 14.0. The molecule has 0 aliphatic heterocycles. The molecule has 0 bridgehead atoms. The van der Waals surface area contributed by atoms with Gasteiger partial charge in [0.05, 0.1) is 10.0 Å². The molecule has 0 aliphatic rings. The van der Waals surface area contributed by atoms with E-state index in [4.69, 9.17) is 5.73 Å². The first-order valence-electron chi connectivity index (χ1n) is 5.90. The fourth-order valence-electron chi connectivity index (χ4n) is 1.73. The first-order chi connectivity index (χ1) is 8.45. The minimum atomic E-state index is -0.546. The molecule has 0 aromatic heterocycles. The molecule has 1 amide bonds. The van der Waals surface area contributed by atoms with Crippen molar-refractivity contribution < 1.29 is 9.18 Å². The fourth-order valence-corrected chi connectivity index (χ4v) is 2.09. The van der Waals surface area contributed by atoms with Gasteiger partial charge in [-0.05, 0) is 40.4 Å². The highest BCUT2D eigenvalue weighted by molar-refractivity contribution is 9.10. The molecule has 18 heavy (non-hydrogen) atoms. The van der Waals surface area contributed by atoms with Gasteiger partial charge in [0.1, 0.15) is 5.82 Å². The van der Waals surface area contributed by atoms with Gasteiger partial charge in [-0.2, -0.15) is 0 Å². The van der Waals surface area contributed by atoms with Crippen molar-refractivity contribution in [1.82, 2.24) is 5.32 Å². The maximum Gasteiger partial charge on any atom is 0.254 e. The van der Waals surface area contributed by atoms with Gasteiger partial charge >= 0.3 is 0 Å². The summed E-state index contributed by atoms with van der Waals surface area (Å²) in [5, 5.41) is 2.76. The van der Waals surface area contributed by atoms with Gasteiger partial charge in [-0.15, -0.1) is 0 Å². The Kier molecular flexibility index (Phi) is 5.75. The molecule has 1 rings (SSSR count). The van der Waals surface area contributed by atoms with E-state index in [-0.39, 0.29) is 16.1 Å². The molecule has 1 aromatic rings. The van der Waals surface area contributed by atoms with Crippen LogP contribution >= 0.6 is 15.9 Å². The topological polar surface area (TPSA) is 55.1 Å². The van der Waals surface area contributed by atoms with E-state index < -0.39 is 11.7 Å². The molecule has 0 fully saturated rings. The van der Waals surface area contributed by atoms with Crippen molar-refractivity contribution in [2.24, 2.45) is 11.7 Å². The van der Waals surface area contributed by atoms with Gasteiger partial charge in [-0.3, -0.25) is 4.79 Å². The molecule has 3 N–H and O–H groups in total. The van der Waals surface area contributed by atoms with Crippen molar-refractivity contribution in [2.75, 3.05) is 6.54 Å². The number of rotatable bonds is 5. The molecule has 0 heterocycles. The van der Waals surface area contributed by atoms with Gasteiger partial charge in [0.15, 0.2) is 0 Å². The number of carbonyl (C=O) groups is 1. The van der Waals surface area contributed by atoms with E-state index in [2.05, 4.69) is 35.1 Å². The summed E-state index contributed by atoms with van der Waals surface area (Å²) in [4.78, 5) is 11.9. The van der Waals surface area contributed by atoms with E-state index in [0.29, 0.717) is 12.5 Å². The number of hydrogen-bond donors (Lipinski definition) is 2. The number of carbonyl (C=O) groups excluding carboxylic acids is 1. The number of halogens is 2. The summed E-state index contributed by atoms with van der Waals surface area (Å²) in [6.07, 6.45) is 0.776. The van der Waals surface area contributed by atoms with E-state index in [0.717, 1.165) is 6.42 Å². The number of amides is 1. The molecular formula is C13H18BrFN2O. The van der Waals surface area contributed by atoms with Crippen molar-refractivity contribution in [1.29, 1.82) is 0 Å². The van der Waals surface area contributed by atoms with Crippen LogP contribution in [0.25, 0.3) is 0 Å². The van der Waals surface area contributed by atoms with Crippen LogP contribution < -0.4 is 11.1 Å². The lowest BCUT2D eigenvalue weighted by atomic mass is 10.0. The number of benzene rings is 1. The molecule has 0 saturated carbocycles. The molecular weight excluding hydrogens is 299 g/mol. The minimum absolute atomic E-state index is 0.0339. The Balaban J connectivity index is 2.78. The summed E-state index contributed by atoms with van der Waals surface area (Å²) in [5.41, 5.74) is 5.63. The van der Waals surface area contributed by atoms with Crippen molar-refractivity contribution in [2.45, 2.75) is 26.3 Å². The molecule has 5 heteroatoms. The third-order valence-corrected chi connectivity index (χ3v) is 3.18. The van der Waals surface area contributed by atoms with Crippen LogP contribution in [0.2, 0.25) is 0 Å². The molecule has 1 unspecified atom stereocenters. The molecule has 3 nitrogen and oxygen atoms in total. The molecule has 100 valence electrons. The lowest BCUT2D eigenvalue weighted by Crippen LogP contribution is -2.41. The van der Waals surface area contributed by atoms with Gasteiger partial charge < -0.3 is 11.1 Å². The second-order valence-corrected chi connectivity index (χ2v) is 5.49. The van der Waals surface area contributed by atoms with E-state index in [9.17, 15) is 9.18 Å². The smallest absolute Gasteiger partial charge is 0.254 e. The summed E-state index contributed by atoms with van der Waals surface area (Å²) >= 11 is 3.06. The molecule has 0 aliphatic carbocycles. The summed E-state index contributed by atoms with van der Waals surface area (Å²) in [5.74, 6) is -0.550. The van der Waals surface area contributed by atoms with E-state index in [1.807, 2.05) is 0 Å². The van der Waals surface area contributed by atoms with Gasteiger partial charge in [-0.1, -0.05) is 19.9 Å². The van der Waals surface area contributed by atoms with E-state index >= 15 is 0 Å². The van der Waals surface area contributed by atoms with Crippen LogP contribution in [0.15, 0.2) is 22.7 Å². The van der Waals surface area contributed by atoms with E-state index in [1.165, 1.54) is 6.07 Å². The predicted molar refractivity (Wildman–Crippen MR) is 73.9 cm³/mol. The first kappa shape index (κ1) is 15.1. The van der Waals surface area contributed by atoms with Crippen LogP contribution in [-0.4, -0.2) is 18.5 Å². The first-order valence-corrected chi connectivity index (χ1v) is 6.70. The van der Waals surface area contributed by atoms with Gasteiger partial charge in [0, 0.05) is 12.6 Å². The third kappa shape index (κ3) is 4.07. The average Bonchev–Trinajstić information content (AvgIpc) is 2.31. The summed E-state index contributed by atoms with van der Waals surface area (Å²) in [7, 11) is 0. The Bertz CT molecular complexity index is 423. The highest BCUT2D eigenvalue weighted by Crippen LogP contribution is 2.18. The molecule has 1 aromatic carbocycles. The highest BCUT2D eigenvalue weighted by atomic mass is 79.9. The molecule has 0 spiro atoms. The lowest BCUT2D eigenvalue weighted by Gasteiger charge is -2.19. The highest BCUT2D eigenvalue weighted by Gasteiger charge is 2.17. The maximum absolute atomic E-state index is 13.7. The number of nitrogens with one attached hydrogen (secondary N) is 1. The van der Waals surface area contributed by atoms with Crippen LogP contribution in [0.3, 0.4) is 0 Å². The predicted octanol–water partition coefficient (Wildman–Crippen LogP) is 2.69. The molecule has 0 saturated heterocycles.